The van der Waals surface area contributed by atoms with E-state index in [0.717, 1.165) is 5.69 Å². The standard InChI is InChI=1S/C13H19NO3/c1-3-12(13(15)16-4-2)17-10-8-11-7-5-6-9-14-11/h5-7,9,12H,3-4,8,10H2,1-2H3. The molecular weight excluding hydrogens is 218 g/mol. The van der Waals surface area contributed by atoms with E-state index >= 15 is 0 Å². The Balaban J connectivity index is 2.31. The van der Waals surface area contributed by atoms with Gasteiger partial charge in [0.15, 0.2) is 6.10 Å². The molecule has 0 saturated carbocycles. The summed E-state index contributed by atoms with van der Waals surface area (Å²) in [4.78, 5) is 15.6. The first-order valence-electron chi connectivity index (χ1n) is 5.96. The van der Waals surface area contributed by atoms with E-state index in [-0.39, 0.29) is 5.97 Å². The van der Waals surface area contributed by atoms with Crippen LogP contribution in [-0.4, -0.2) is 30.3 Å². The lowest BCUT2D eigenvalue weighted by molar-refractivity contribution is -0.156. The summed E-state index contributed by atoms with van der Waals surface area (Å²) in [7, 11) is 0. The summed E-state index contributed by atoms with van der Waals surface area (Å²) in [5.74, 6) is -0.281. The summed E-state index contributed by atoms with van der Waals surface area (Å²) in [5.41, 5.74) is 0.964. The van der Waals surface area contributed by atoms with Crippen LogP contribution in [0.15, 0.2) is 24.4 Å². The lowest BCUT2D eigenvalue weighted by Gasteiger charge is -2.14. The SMILES string of the molecule is CCOC(=O)C(CC)OCCc1ccccn1. The molecule has 0 amide bonds. The predicted molar refractivity (Wildman–Crippen MR) is 64.6 cm³/mol. The second-order valence-electron chi connectivity index (χ2n) is 3.59. The fraction of sp³-hybridized carbons (Fsp3) is 0.538. The van der Waals surface area contributed by atoms with Crippen LogP contribution in [0.1, 0.15) is 26.0 Å². The van der Waals surface area contributed by atoms with Crippen LogP contribution < -0.4 is 0 Å². The highest BCUT2D eigenvalue weighted by Crippen LogP contribution is 2.03. The molecule has 0 aliphatic carbocycles. The molecular formula is C13H19NO3. The Kier molecular flexibility index (Phi) is 6.25. The van der Waals surface area contributed by atoms with Crippen molar-refractivity contribution in [3.05, 3.63) is 30.1 Å². The maximum Gasteiger partial charge on any atom is 0.335 e. The van der Waals surface area contributed by atoms with Crippen molar-refractivity contribution in [2.45, 2.75) is 32.8 Å². The van der Waals surface area contributed by atoms with Crippen LogP contribution in [-0.2, 0) is 20.7 Å². The number of rotatable bonds is 7. The molecule has 4 nitrogen and oxygen atoms in total. The van der Waals surface area contributed by atoms with E-state index in [1.165, 1.54) is 0 Å². The number of carbonyl (C=O) groups excluding carboxylic acids is 1. The molecule has 1 aromatic heterocycles. The van der Waals surface area contributed by atoms with Crippen LogP contribution in [0.25, 0.3) is 0 Å². The smallest absolute Gasteiger partial charge is 0.335 e. The average molecular weight is 237 g/mol. The average Bonchev–Trinajstić information content (AvgIpc) is 2.36. The number of hydrogen-bond donors (Lipinski definition) is 0. The Hall–Kier alpha value is -1.42. The lowest BCUT2D eigenvalue weighted by atomic mass is 10.2. The highest BCUT2D eigenvalue weighted by atomic mass is 16.6. The molecule has 0 radical (unpaired) electrons. The molecule has 0 spiro atoms. The third-order valence-corrected chi connectivity index (χ3v) is 2.32. The molecule has 17 heavy (non-hydrogen) atoms. The third-order valence-electron chi connectivity index (χ3n) is 2.32. The van der Waals surface area contributed by atoms with Gasteiger partial charge in [-0.05, 0) is 25.5 Å². The van der Waals surface area contributed by atoms with Crippen molar-refractivity contribution < 1.29 is 14.3 Å². The second kappa shape index (κ2) is 7.79. The first-order chi connectivity index (χ1) is 8.27. The van der Waals surface area contributed by atoms with Gasteiger partial charge in [-0.15, -0.1) is 0 Å². The summed E-state index contributed by atoms with van der Waals surface area (Å²) >= 11 is 0. The van der Waals surface area contributed by atoms with Crippen LogP contribution in [0.5, 0.6) is 0 Å². The van der Waals surface area contributed by atoms with Crippen LogP contribution >= 0.6 is 0 Å². The predicted octanol–water partition coefficient (Wildman–Crippen LogP) is 1.98. The van der Waals surface area contributed by atoms with Gasteiger partial charge in [0.1, 0.15) is 0 Å². The Morgan fingerprint density at radius 3 is 2.82 bits per heavy atom. The molecule has 1 unspecified atom stereocenters. The fourth-order valence-corrected chi connectivity index (χ4v) is 1.44. The van der Waals surface area contributed by atoms with Crippen LogP contribution in [0.4, 0.5) is 0 Å². The minimum absolute atomic E-state index is 0.281. The van der Waals surface area contributed by atoms with Crippen LogP contribution in [0.2, 0.25) is 0 Å². The Morgan fingerprint density at radius 2 is 2.24 bits per heavy atom. The maximum atomic E-state index is 11.5. The van der Waals surface area contributed by atoms with E-state index in [2.05, 4.69) is 4.98 Å². The van der Waals surface area contributed by atoms with Crippen molar-refractivity contribution in [2.24, 2.45) is 0 Å². The molecule has 0 aromatic carbocycles. The number of nitrogens with zero attached hydrogens (tertiary/aromatic N) is 1. The Morgan fingerprint density at radius 1 is 1.41 bits per heavy atom. The minimum atomic E-state index is -0.460. The zero-order valence-corrected chi connectivity index (χ0v) is 10.4. The van der Waals surface area contributed by atoms with E-state index in [1.54, 1.807) is 13.1 Å². The van der Waals surface area contributed by atoms with Gasteiger partial charge >= 0.3 is 5.97 Å². The van der Waals surface area contributed by atoms with Crippen molar-refractivity contribution in [3.8, 4) is 0 Å². The summed E-state index contributed by atoms with van der Waals surface area (Å²) < 4.78 is 10.4. The largest absolute Gasteiger partial charge is 0.464 e. The van der Waals surface area contributed by atoms with Gasteiger partial charge in [0, 0.05) is 18.3 Å². The molecule has 1 aromatic rings. The number of esters is 1. The highest BCUT2D eigenvalue weighted by Gasteiger charge is 2.17. The molecule has 0 saturated heterocycles. The van der Waals surface area contributed by atoms with Crippen molar-refractivity contribution in [2.75, 3.05) is 13.2 Å². The molecule has 0 fully saturated rings. The first-order valence-corrected chi connectivity index (χ1v) is 5.96. The van der Waals surface area contributed by atoms with Crippen molar-refractivity contribution >= 4 is 5.97 Å². The van der Waals surface area contributed by atoms with Gasteiger partial charge in [0.2, 0.25) is 0 Å². The summed E-state index contributed by atoms with van der Waals surface area (Å²) in [5, 5.41) is 0. The Labute approximate surface area is 102 Å². The molecule has 0 bridgehead atoms. The van der Waals surface area contributed by atoms with Gasteiger partial charge in [-0.25, -0.2) is 4.79 Å². The summed E-state index contributed by atoms with van der Waals surface area (Å²) in [6, 6.07) is 5.75. The van der Waals surface area contributed by atoms with Crippen LogP contribution in [0, 0.1) is 0 Å². The van der Waals surface area contributed by atoms with E-state index in [1.807, 2.05) is 25.1 Å². The van der Waals surface area contributed by atoms with Crippen molar-refractivity contribution in [3.63, 3.8) is 0 Å². The van der Waals surface area contributed by atoms with Crippen molar-refractivity contribution in [1.29, 1.82) is 0 Å². The highest BCUT2D eigenvalue weighted by molar-refractivity contribution is 5.74. The Bertz CT molecular complexity index is 327. The lowest BCUT2D eigenvalue weighted by Crippen LogP contribution is -2.26. The summed E-state index contributed by atoms with van der Waals surface area (Å²) in [6.07, 6.45) is 2.62. The maximum absolute atomic E-state index is 11.5. The van der Waals surface area contributed by atoms with Gasteiger partial charge in [0.05, 0.1) is 13.2 Å². The quantitative estimate of drug-likeness (QED) is 0.680. The molecule has 0 aliphatic heterocycles. The van der Waals surface area contributed by atoms with Crippen LogP contribution in [0.3, 0.4) is 0 Å². The molecule has 94 valence electrons. The van der Waals surface area contributed by atoms with E-state index < -0.39 is 6.10 Å². The zero-order valence-electron chi connectivity index (χ0n) is 10.4. The topological polar surface area (TPSA) is 48.4 Å². The van der Waals surface area contributed by atoms with Gasteiger partial charge in [-0.1, -0.05) is 13.0 Å². The zero-order chi connectivity index (χ0) is 12.5. The number of hydrogen-bond acceptors (Lipinski definition) is 4. The molecule has 1 heterocycles. The van der Waals surface area contributed by atoms with E-state index in [9.17, 15) is 4.79 Å². The monoisotopic (exact) mass is 237 g/mol. The third kappa shape index (κ3) is 4.95. The molecule has 4 heteroatoms. The fourth-order valence-electron chi connectivity index (χ4n) is 1.44. The normalized spacial score (nSPS) is 12.1. The number of pyridine rings is 1. The molecule has 1 rings (SSSR count). The molecule has 0 N–H and O–H groups in total. The number of ether oxygens (including phenoxy) is 2. The van der Waals surface area contributed by atoms with Crippen molar-refractivity contribution in [1.82, 2.24) is 4.98 Å². The molecule has 1 atom stereocenters. The number of carbonyl (C=O) groups is 1. The van der Waals surface area contributed by atoms with Gasteiger partial charge in [-0.2, -0.15) is 0 Å². The summed E-state index contributed by atoms with van der Waals surface area (Å²) in [6.45, 7) is 4.56. The first kappa shape index (κ1) is 13.6. The number of aromatic nitrogens is 1. The molecule has 0 aliphatic rings. The van der Waals surface area contributed by atoms with E-state index in [4.69, 9.17) is 9.47 Å². The van der Waals surface area contributed by atoms with Gasteiger partial charge < -0.3 is 9.47 Å². The van der Waals surface area contributed by atoms with Gasteiger partial charge in [0.25, 0.3) is 0 Å². The minimum Gasteiger partial charge on any atom is -0.464 e. The van der Waals surface area contributed by atoms with Gasteiger partial charge in [-0.3, -0.25) is 4.98 Å². The van der Waals surface area contributed by atoms with E-state index in [0.29, 0.717) is 26.1 Å². The second-order valence-corrected chi connectivity index (χ2v) is 3.59.